The zero-order valence-electron chi connectivity index (χ0n) is 10.5. The van der Waals surface area contributed by atoms with Gasteiger partial charge in [-0.15, -0.1) is 0 Å². The molecule has 5 nitrogen and oxygen atoms in total. The molecule has 0 atom stereocenters. The quantitative estimate of drug-likeness (QED) is 0.745. The first-order valence-electron chi connectivity index (χ1n) is 6.31. The van der Waals surface area contributed by atoms with Crippen molar-refractivity contribution in [3.05, 3.63) is 41.3 Å². The topological polar surface area (TPSA) is 55.7 Å². The van der Waals surface area contributed by atoms with Crippen LogP contribution < -0.4 is 4.74 Å². The van der Waals surface area contributed by atoms with Crippen molar-refractivity contribution in [2.24, 2.45) is 0 Å². The van der Waals surface area contributed by atoms with Crippen LogP contribution >= 0.6 is 15.9 Å². The van der Waals surface area contributed by atoms with Crippen molar-refractivity contribution < 1.29 is 4.74 Å². The maximum absolute atomic E-state index is 5.79. The lowest BCUT2D eigenvalue weighted by Crippen LogP contribution is -2.04. The van der Waals surface area contributed by atoms with Gasteiger partial charge in [-0.3, -0.25) is 0 Å². The van der Waals surface area contributed by atoms with Crippen LogP contribution in [0, 0.1) is 0 Å². The van der Waals surface area contributed by atoms with Crippen LogP contribution in [0.3, 0.4) is 0 Å². The van der Waals surface area contributed by atoms with Gasteiger partial charge in [-0.25, -0.2) is 9.97 Å². The van der Waals surface area contributed by atoms with E-state index in [0.717, 1.165) is 39.7 Å². The second kappa shape index (κ2) is 4.49. The van der Waals surface area contributed by atoms with Gasteiger partial charge >= 0.3 is 0 Å². The van der Waals surface area contributed by atoms with Crippen LogP contribution in [-0.4, -0.2) is 26.1 Å². The van der Waals surface area contributed by atoms with Crippen LogP contribution in [0.1, 0.15) is 0 Å². The van der Waals surface area contributed by atoms with Crippen molar-refractivity contribution >= 4 is 15.9 Å². The third-order valence-electron chi connectivity index (χ3n) is 3.29. The van der Waals surface area contributed by atoms with Crippen LogP contribution in [-0.2, 0) is 6.54 Å². The van der Waals surface area contributed by atoms with Gasteiger partial charge in [0.15, 0.2) is 5.82 Å². The number of aromatic nitrogens is 4. The minimum atomic E-state index is 0.629. The molecule has 4 rings (SSSR count). The van der Waals surface area contributed by atoms with Gasteiger partial charge in [0.1, 0.15) is 23.9 Å². The maximum atomic E-state index is 5.79. The van der Waals surface area contributed by atoms with Crippen LogP contribution in [0.2, 0.25) is 0 Å². The molecule has 0 bridgehead atoms. The molecule has 1 aliphatic heterocycles. The fourth-order valence-electron chi connectivity index (χ4n) is 2.38. The van der Waals surface area contributed by atoms with Gasteiger partial charge in [-0.05, 0) is 18.2 Å². The lowest BCUT2D eigenvalue weighted by Gasteiger charge is -2.06. The van der Waals surface area contributed by atoms with Gasteiger partial charge in [0.05, 0.1) is 12.1 Å². The number of H-pyrrole nitrogens is 1. The summed E-state index contributed by atoms with van der Waals surface area (Å²) in [5.41, 5.74) is 1.85. The molecular weight excluding hydrogens is 320 g/mol. The van der Waals surface area contributed by atoms with Gasteiger partial charge in [0, 0.05) is 23.1 Å². The summed E-state index contributed by atoms with van der Waals surface area (Å²) in [7, 11) is 0. The van der Waals surface area contributed by atoms with Crippen molar-refractivity contribution in [1.82, 2.24) is 19.5 Å². The summed E-state index contributed by atoms with van der Waals surface area (Å²) in [6.45, 7) is 1.40. The predicted molar refractivity (Wildman–Crippen MR) is 78.4 cm³/mol. The van der Waals surface area contributed by atoms with Gasteiger partial charge in [0.25, 0.3) is 0 Å². The van der Waals surface area contributed by atoms with E-state index in [1.165, 1.54) is 0 Å². The van der Waals surface area contributed by atoms with Crippen molar-refractivity contribution in [1.29, 1.82) is 0 Å². The number of ether oxygens (including phenoxy) is 1. The molecule has 20 heavy (non-hydrogen) atoms. The molecule has 0 spiro atoms. The molecule has 0 fully saturated rings. The second-order valence-electron chi connectivity index (χ2n) is 4.57. The summed E-state index contributed by atoms with van der Waals surface area (Å²) in [4.78, 5) is 12.0. The molecule has 1 N–H and O–H groups in total. The Balaban J connectivity index is 1.89. The van der Waals surface area contributed by atoms with E-state index in [2.05, 4.69) is 30.5 Å². The number of nitrogens with one attached hydrogen (secondary N) is 1. The van der Waals surface area contributed by atoms with Crippen molar-refractivity contribution in [3.63, 3.8) is 0 Å². The van der Waals surface area contributed by atoms with Gasteiger partial charge < -0.3 is 14.3 Å². The molecule has 1 aromatic carbocycles. The van der Waals surface area contributed by atoms with Crippen molar-refractivity contribution in [2.45, 2.75) is 6.54 Å². The number of imidazole rings is 2. The molecule has 6 heteroatoms. The second-order valence-corrected chi connectivity index (χ2v) is 5.49. The molecule has 0 amide bonds. The zero-order valence-corrected chi connectivity index (χ0v) is 12.1. The fraction of sp³-hybridized carbons (Fsp3) is 0.143. The highest BCUT2D eigenvalue weighted by Gasteiger charge is 2.19. The third-order valence-corrected chi connectivity index (χ3v) is 3.78. The predicted octanol–water partition coefficient (Wildman–Crippen LogP) is 3.10. The Morgan fingerprint density at radius 3 is 3.15 bits per heavy atom. The number of benzene rings is 1. The lowest BCUT2D eigenvalue weighted by molar-refractivity contribution is 0.306. The number of fused-ring (bicyclic) bond motifs is 3. The molecule has 3 heterocycles. The van der Waals surface area contributed by atoms with E-state index < -0.39 is 0 Å². The standard InChI is InChI=1S/C14H11BrN4O/c15-9-1-2-10-12(7-9)20-6-5-19-8-11(18-14(10)19)13-16-3-4-17-13/h1-4,7-8H,5-6H2,(H,16,17). The van der Waals surface area contributed by atoms with E-state index in [4.69, 9.17) is 9.72 Å². The number of aromatic amines is 1. The average Bonchev–Trinajstić information content (AvgIpc) is 3.06. The van der Waals surface area contributed by atoms with E-state index >= 15 is 0 Å². The van der Waals surface area contributed by atoms with Crippen LogP contribution in [0.5, 0.6) is 5.75 Å². The Labute approximate surface area is 123 Å². The average molecular weight is 331 g/mol. The summed E-state index contributed by atoms with van der Waals surface area (Å²) in [5.74, 6) is 2.55. The van der Waals surface area contributed by atoms with E-state index in [9.17, 15) is 0 Å². The number of hydrogen-bond acceptors (Lipinski definition) is 3. The van der Waals surface area contributed by atoms with Crippen LogP contribution in [0.25, 0.3) is 22.9 Å². The normalized spacial score (nSPS) is 13.2. The van der Waals surface area contributed by atoms with Gasteiger partial charge in [-0.1, -0.05) is 15.9 Å². The molecule has 0 saturated heterocycles. The summed E-state index contributed by atoms with van der Waals surface area (Å²) in [6, 6.07) is 6.00. The zero-order chi connectivity index (χ0) is 13.5. The first-order valence-corrected chi connectivity index (χ1v) is 7.10. The molecular formula is C14H11BrN4O. The largest absolute Gasteiger partial charge is 0.491 e. The van der Waals surface area contributed by atoms with Gasteiger partial charge in [-0.2, -0.15) is 0 Å². The Bertz CT molecular complexity index is 764. The SMILES string of the molecule is Brc1ccc2c(c1)OCCn1cc(-c3ncc[nH]3)nc1-2. The monoisotopic (exact) mass is 330 g/mol. The Morgan fingerprint density at radius 1 is 1.35 bits per heavy atom. The summed E-state index contributed by atoms with van der Waals surface area (Å²) >= 11 is 3.47. The first kappa shape index (κ1) is 11.7. The van der Waals surface area contributed by atoms with Crippen LogP contribution in [0.4, 0.5) is 0 Å². The molecule has 0 saturated carbocycles. The summed E-state index contributed by atoms with van der Waals surface area (Å²) in [5, 5.41) is 0. The molecule has 0 unspecified atom stereocenters. The maximum Gasteiger partial charge on any atom is 0.157 e. The highest BCUT2D eigenvalue weighted by Crippen LogP contribution is 2.35. The molecule has 0 radical (unpaired) electrons. The minimum absolute atomic E-state index is 0.629. The minimum Gasteiger partial charge on any atom is -0.491 e. The smallest absolute Gasteiger partial charge is 0.157 e. The molecule has 100 valence electrons. The van der Waals surface area contributed by atoms with E-state index in [1.807, 2.05) is 24.4 Å². The Hall–Kier alpha value is -2.08. The van der Waals surface area contributed by atoms with E-state index in [-0.39, 0.29) is 0 Å². The number of nitrogens with zero attached hydrogens (tertiary/aromatic N) is 3. The number of halogens is 1. The van der Waals surface area contributed by atoms with Crippen molar-refractivity contribution in [2.75, 3.05) is 6.61 Å². The van der Waals surface area contributed by atoms with Crippen molar-refractivity contribution in [3.8, 4) is 28.7 Å². The summed E-state index contributed by atoms with van der Waals surface area (Å²) in [6.07, 6.45) is 5.54. The van der Waals surface area contributed by atoms with E-state index in [0.29, 0.717) is 6.61 Å². The fourth-order valence-corrected chi connectivity index (χ4v) is 2.72. The molecule has 1 aliphatic rings. The van der Waals surface area contributed by atoms with Crippen LogP contribution in [0.15, 0.2) is 41.3 Å². The highest BCUT2D eigenvalue weighted by molar-refractivity contribution is 9.10. The molecule has 3 aromatic rings. The first-order chi connectivity index (χ1) is 9.81. The Kier molecular flexibility index (Phi) is 2.63. The van der Waals surface area contributed by atoms with Gasteiger partial charge in [0.2, 0.25) is 0 Å². The van der Waals surface area contributed by atoms with E-state index in [1.54, 1.807) is 12.4 Å². The Morgan fingerprint density at radius 2 is 2.30 bits per heavy atom. The molecule has 2 aromatic heterocycles. The third kappa shape index (κ3) is 1.84. The molecule has 0 aliphatic carbocycles. The number of rotatable bonds is 1. The summed E-state index contributed by atoms with van der Waals surface area (Å²) < 4.78 is 8.90. The lowest BCUT2D eigenvalue weighted by atomic mass is 10.2. The number of hydrogen-bond donors (Lipinski definition) is 1. The highest BCUT2D eigenvalue weighted by atomic mass is 79.9.